The standard InChI is InChI=1S/C29H30Cl2N2O4/c1-19(2)32-29(35)25(15-20-6-4-3-5-7-20)33(17-22-8-11-23(30)24(31)14-22)28(34)13-10-21-9-12-26-27(16-21)37-18-36-26/h3-9,11-12,14,16,19,25H,10,13,15,17-18H2,1-2H3,(H,32,35)/t25-/m0/s1. The van der Waals surface area contributed by atoms with Gasteiger partial charge in [0.2, 0.25) is 18.6 Å². The number of amides is 2. The van der Waals surface area contributed by atoms with Crippen molar-refractivity contribution < 1.29 is 19.1 Å². The van der Waals surface area contributed by atoms with E-state index in [1.165, 1.54) is 0 Å². The second-order valence-corrected chi connectivity index (χ2v) is 10.1. The van der Waals surface area contributed by atoms with Crippen LogP contribution in [-0.4, -0.2) is 35.6 Å². The number of benzene rings is 3. The van der Waals surface area contributed by atoms with Crippen LogP contribution in [-0.2, 0) is 29.0 Å². The van der Waals surface area contributed by atoms with Gasteiger partial charge in [-0.25, -0.2) is 0 Å². The summed E-state index contributed by atoms with van der Waals surface area (Å²) in [7, 11) is 0. The Kier molecular flexibility index (Phi) is 8.95. The molecular weight excluding hydrogens is 511 g/mol. The van der Waals surface area contributed by atoms with Crippen molar-refractivity contribution in [2.75, 3.05) is 6.79 Å². The van der Waals surface area contributed by atoms with Crippen LogP contribution in [0.2, 0.25) is 10.0 Å². The third-order valence-electron chi connectivity index (χ3n) is 6.10. The highest BCUT2D eigenvalue weighted by atomic mass is 35.5. The first kappa shape index (κ1) is 26.8. The van der Waals surface area contributed by atoms with E-state index < -0.39 is 6.04 Å². The predicted molar refractivity (Wildman–Crippen MR) is 145 cm³/mol. The quantitative estimate of drug-likeness (QED) is 0.351. The van der Waals surface area contributed by atoms with Gasteiger partial charge in [-0.15, -0.1) is 0 Å². The molecule has 1 aliphatic rings. The molecule has 0 spiro atoms. The Morgan fingerprint density at radius 1 is 0.892 bits per heavy atom. The number of carbonyl (C=O) groups is 2. The number of halogens is 2. The fraction of sp³-hybridized carbons (Fsp3) is 0.310. The Labute approximate surface area is 227 Å². The van der Waals surface area contributed by atoms with Crippen LogP contribution in [0.4, 0.5) is 0 Å². The second kappa shape index (κ2) is 12.3. The SMILES string of the molecule is CC(C)NC(=O)[C@H](Cc1ccccc1)N(Cc1ccc(Cl)c(Cl)c1)C(=O)CCc1ccc2c(c1)OCO2. The molecular formula is C29H30Cl2N2O4. The Balaban J connectivity index is 1.61. The van der Waals surface area contributed by atoms with Crippen molar-refractivity contribution in [3.8, 4) is 11.5 Å². The molecule has 194 valence electrons. The summed E-state index contributed by atoms with van der Waals surface area (Å²) in [5.41, 5.74) is 2.72. The summed E-state index contributed by atoms with van der Waals surface area (Å²) < 4.78 is 10.9. The van der Waals surface area contributed by atoms with Crippen LogP contribution >= 0.6 is 23.2 Å². The number of fused-ring (bicyclic) bond motifs is 1. The Hall–Kier alpha value is -3.22. The molecule has 8 heteroatoms. The van der Waals surface area contributed by atoms with Crippen LogP contribution in [0.5, 0.6) is 11.5 Å². The Bertz CT molecular complexity index is 1250. The van der Waals surface area contributed by atoms with Crippen LogP contribution in [0.15, 0.2) is 66.7 Å². The predicted octanol–water partition coefficient (Wildman–Crippen LogP) is 5.82. The zero-order valence-corrected chi connectivity index (χ0v) is 22.4. The highest BCUT2D eigenvalue weighted by Gasteiger charge is 2.30. The third-order valence-corrected chi connectivity index (χ3v) is 6.84. The van der Waals surface area contributed by atoms with Gasteiger partial charge in [0.15, 0.2) is 11.5 Å². The summed E-state index contributed by atoms with van der Waals surface area (Å²) >= 11 is 12.4. The lowest BCUT2D eigenvalue weighted by molar-refractivity contribution is -0.141. The van der Waals surface area contributed by atoms with E-state index in [-0.39, 0.29) is 37.6 Å². The molecule has 0 saturated heterocycles. The van der Waals surface area contributed by atoms with Gasteiger partial charge in [0.05, 0.1) is 10.0 Å². The molecule has 37 heavy (non-hydrogen) atoms. The monoisotopic (exact) mass is 540 g/mol. The maximum atomic E-state index is 13.8. The lowest BCUT2D eigenvalue weighted by Crippen LogP contribution is -2.51. The molecule has 0 radical (unpaired) electrons. The van der Waals surface area contributed by atoms with E-state index in [9.17, 15) is 9.59 Å². The second-order valence-electron chi connectivity index (χ2n) is 9.33. The third kappa shape index (κ3) is 7.18. The number of aryl methyl sites for hydroxylation is 1. The first-order chi connectivity index (χ1) is 17.8. The van der Waals surface area contributed by atoms with Crippen LogP contribution in [0.3, 0.4) is 0 Å². The van der Waals surface area contributed by atoms with Gasteiger partial charge in [0.1, 0.15) is 6.04 Å². The van der Waals surface area contributed by atoms with Gasteiger partial charge < -0.3 is 19.7 Å². The largest absolute Gasteiger partial charge is 0.454 e. The number of rotatable bonds is 10. The van der Waals surface area contributed by atoms with Crippen LogP contribution < -0.4 is 14.8 Å². The molecule has 0 unspecified atom stereocenters. The van der Waals surface area contributed by atoms with Crippen molar-refractivity contribution in [1.82, 2.24) is 10.2 Å². The van der Waals surface area contributed by atoms with Gasteiger partial charge in [0.25, 0.3) is 0 Å². The van der Waals surface area contributed by atoms with Gasteiger partial charge in [-0.3, -0.25) is 9.59 Å². The minimum absolute atomic E-state index is 0.0682. The average Bonchev–Trinajstić information content (AvgIpc) is 3.35. The molecule has 1 aliphatic heterocycles. The first-order valence-corrected chi connectivity index (χ1v) is 13.0. The highest BCUT2D eigenvalue weighted by Crippen LogP contribution is 2.33. The number of nitrogens with one attached hydrogen (secondary N) is 1. The molecule has 4 rings (SSSR count). The Morgan fingerprint density at radius 2 is 1.62 bits per heavy atom. The number of ether oxygens (including phenoxy) is 2. The summed E-state index contributed by atoms with van der Waals surface area (Å²) in [6, 6.07) is 19.9. The first-order valence-electron chi connectivity index (χ1n) is 12.3. The molecule has 1 atom stereocenters. The summed E-state index contributed by atoms with van der Waals surface area (Å²) in [5.74, 6) is 1.04. The van der Waals surface area contributed by atoms with Crippen LogP contribution in [0.25, 0.3) is 0 Å². The fourth-order valence-corrected chi connectivity index (χ4v) is 4.58. The number of hydrogen-bond donors (Lipinski definition) is 1. The lowest BCUT2D eigenvalue weighted by Gasteiger charge is -2.32. The molecule has 0 aliphatic carbocycles. The lowest BCUT2D eigenvalue weighted by atomic mass is 10.0. The molecule has 3 aromatic rings. The normalized spacial score (nSPS) is 12.9. The van der Waals surface area contributed by atoms with Gasteiger partial charge in [-0.2, -0.15) is 0 Å². The molecule has 0 fully saturated rings. The van der Waals surface area contributed by atoms with E-state index in [0.717, 1.165) is 16.7 Å². The Morgan fingerprint density at radius 3 is 2.35 bits per heavy atom. The van der Waals surface area contributed by atoms with Gasteiger partial charge >= 0.3 is 0 Å². The van der Waals surface area contributed by atoms with Gasteiger partial charge in [-0.05, 0) is 61.2 Å². The average molecular weight is 541 g/mol. The van der Waals surface area contributed by atoms with Crippen molar-refractivity contribution in [1.29, 1.82) is 0 Å². The van der Waals surface area contributed by atoms with Crippen molar-refractivity contribution in [3.05, 3.63) is 93.5 Å². The maximum absolute atomic E-state index is 13.8. The molecule has 0 aromatic heterocycles. The zero-order chi connectivity index (χ0) is 26.4. The molecule has 1 heterocycles. The van der Waals surface area contributed by atoms with E-state index in [1.807, 2.05) is 68.4 Å². The van der Waals surface area contributed by atoms with Crippen molar-refractivity contribution >= 4 is 35.0 Å². The smallest absolute Gasteiger partial charge is 0.243 e. The molecule has 0 bridgehead atoms. The molecule has 1 N–H and O–H groups in total. The fourth-order valence-electron chi connectivity index (χ4n) is 4.26. The molecule has 0 saturated carbocycles. The molecule has 6 nitrogen and oxygen atoms in total. The van der Waals surface area contributed by atoms with Crippen LogP contribution in [0.1, 0.15) is 37.0 Å². The minimum Gasteiger partial charge on any atom is -0.454 e. The topological polar surface area (TPSA) is 67.9 Å². The summed E-state index contributed by atoms with van der Waals surface area (Å²) in [5, 5.41) is 3.83. The summed E-state index contributed by atoms with van der Waals surface area (Å²) in [6.45, 7) is 4.23. The van der Waals surface area contributed by atoms with E-state index in [0.29, 0.717) is 34.4 Å². The summed E-state index contributed by atoms with van der Waals surface area (Å²) in [6.07, 6.45) is 1.11. The minimum atomic E-state index is -0.705. The van der Waals surface area contributed by atoms with Crippen molar-refractivity contribution in [2.24, 2.45) is 0 Å². The summed E-state index contributed by atoms with van der Waals surface area (Å²) in [4.78, 5) is 28.8. The van der Waals surface area contributed by atoms with E-state index in [1.54, 1.807) is 17.0 Å². The van der Waals surface area contributed by atoms with Gasteiger partial charge in [0, 0.05) is 25.4 Å². The number of nitrogens with zero attached hydrogens (tertiary/aromatic N) is 1. The molecule has 3 aromatic carbocycles. The van der Waals surface area contributed by atoms with E-state index in [4.69, 9.17) is 32.7 Å². The number of carbonyl (C=O) groups excluding carboxylic acids is 2. The van der Waals surface area contributed by atoms with Crippen molar-refractivity contribution in [3.63, 3.8) is 0 Å². The van der Waals surface area contributed by atoms with E-state index in [2.05, 4.69) is 5.32 Å². The van der Waals surface area contributed by atoms with Crippen molar-refractivity contribution in [2.45, 2.75) is 51.7 Å². The maximum Gasteiger partial charge on any atom is 0.243 e. The zero-order valence-electron chi connectivity index (χ0n) is 20.9. The van der Waals surface area contributed by atoms with Crippen LogP contribution in [0, 0.1) is 0 Å². The van der Waals surface area contributed by atoms with Gasteiger partial charge in [-0.1, -0.05) is 65.7 Å². The number of hydrogen-bond acceptors (Lipinski definition) is 4. The highest BCUT2D eigenvalue weighted by molar-refractivity contribution is 6.42. The molecule has 2 amide bonds. The van der Waals surface area contributed by atoms with E-state index >= 15 is 0 Å².